The molecule has 3 amide bonds. The maximum Gasteiger partial charge on any atom is 0.253 e. The molecular weight excluding hydrogens is 594 g/mol. The Balaban J connectivity index is 1.33. The number of tetrazole rings is 1. The van der Waals surface area contributed by atoms with E-state index in [1.165, 1.54) is 0 Å². The predicted octanol–water partition coefficient (Wildman–Crippen LogP) is 2.31. The molecule has 0 radical (unpaired) electrons. The van der Waals surface area contributed by atoms with Crippen molar-refractivity contribution in [2.24, 2.45) is 11.8 Å². The third-order valence-electron chi connectivity index (χ3n) is 10.6. The zero-order chi connectivity index (χ0) is 33.0. The SMILES string of the molecule is CN(C)C(=O)c1ccc2c(c1)CCc1cc(C(=O)N(C)C)ccc1C2(C[C@H](NCC(=O)N1[C@H](C#N)C[C@@H]2C[C@@H]21)C1CC1)c1nnn[nH]1. The van der Waals surface area contributed by atoms with Crippen molar-refractivity contribution in [1.29, 1.82) is 5.26 Å². The van der Waals surface area contributed by atoms with Crippen molar-refractivity contribution in [1.82, 2.24) is 40.6 Å². The number of hydrogen-bond acceptors (Lipinski definition) is 8. The molecule has 7 rings (SSSR count). The van der Waals surface area contributed by atoms with Gasteiger partial charge in [-0.2, -0.15) is 5.26 Å². The number of rotatable bonds is 9. The number of aromatic amines is 1. The highest BCUT2D eigenvalue weighted by Crippen LogP contribution is 2.50. The number of piperidine rings is 1. The van der Waals surface area contributed by atoms with Gasteiger partial charge < -0.3 is 20.0 Å². The van der Waals surface area contributed by atoms with Crippen LogP contribution in [0.1, 0.15) is 80.9 Å². The number of aryl methyl sites for hydroxylation is 2. The number of carbonyl (C=O) groups excluding carboxylic acids is 3. The normalized spacial score (nSPS) is 22.6. The van der Waals surface area contributed by atoms with E-state index in [0.29, 0.717) is 48.0 Å². The maximum absolute atomic E-state index is 13.6. The van der Waals surface area contributed by atoms with E-state index in [9.17, 15) is 19.6 Å². The molecule has 244 valence electrons. The van der Waals surface area contributed by atoms with Gasteiger partial charge in [-0.15, -0.1) is 5.10 Å². The Morgan fingerprint density at radius 2 is 1.62 bits per heavy atom. The topological polar surface area (TPSA) is 151 Å². The van der Waals surface area contributed by atoms with Crippen molar-refractivity contribution in [3.05, 3.63) is 75.6 Å². The van der Waals surface area contributed by atoms with Crippen molar-refractivity contribution in [2.75, 3.05) is 34.7 Å². The average molecular weight is 636 g/mol. The Kier molecular flexibility index (Phi) is 7.83. The van der Waals surface area contributed by atoms with E-state index in [0.717, 1.165) is 47.9 Å². The summed E-state index contributed by atoms with van der Waals surface area (Å²) >= 11 is 0. The Morgan fingerprint density at radius 1 is 1.00 bits per heavy atom. The minimum Gasteiger partial charge on any atom is -0.345 e. The van der Waals surface area contributed by atoms with Gasteiger partial charge in [0.15, 0.2) is 5.82 Å². The lowest BCUT2D eigenvalue weighted by Gasteiger charge is -2.38. The Labute approximate surface area is 274 Å². The summed E-state index contributed by atoms with van der Waals surface area (Å²) in [5, 5.41) is 29.1. The highest BCUT2D eigenvalue weighted by atomic mass is 16.2. The highest BCUT2D eigenvalue weighted by Gasteiger charge is 2.54. The molecule has 3 aliphatic carbocycles. The number of aromatic nitrogens is 4. The van der Waals surface area contributed by atoms with E-state index in [1.807, 2.05) is 36.4 Å². The monoisotopic (exact) mass is 635 g/mol. The van der Waals surface area contributed by atoms with E-state index < -0.39 is 5.41 Å². The van der Waals surface area contributed by atoms with Gasteiger partial charge in [0.05, 0.1) is 18.0 Å². The summed E-state index contributed by atoms with van der Waals surface area (Å²) in [6.07, 6.45) is 5.71. The summed E-state index contributed by atoms with van der Waals surface area (Å²) in [4.78, 5) is 44.7. The van der Waals surface area contributed by atoms with Crippen LogP contribution in [0, 0.1) is 23.2 Å². The quantitative estimate of drug-likeness (QED) is 0.364. The lowest BCUT2D eigenvalue weighted by atomic mass is 9.67. The molecule has 4 aliphatic rings. The Hall–Kier alpha value is -4.63. The molecule has 3 aromatic rings. The van der Waals surface area contributed by atoms with Gasteiger partial charge >= 0.3 is 0 Å². The molecular formula is C35H41N9O3. The van der Waals surface area contributed by atoms with Crippen LogP contribution in [0.5, 0.6) is 0 Å². The number of amides is 3. The van der Waals surface area contributed by atoms with Crippen LogP contribution in [-0.4, -0.2) is 106 Å². The van der Waals surface area contributed by atoms with E-state index in [4.69, 9.17) is 0 Å². The molecule has 2 saturated carbocycles. The van der Waals surface area contributed by atoms with Gasteiger partial charge in [0.1, 0.15) is 6.04 Å². The smallest absolute Gasteiger partial charge is 0.253 e. The molecule has 2 aromatic carbocycles. The molecule has 1 saturated heterocycles. The third kappa shape index (κ3) is 5.46. The van der Waals surface area contributed by atoms with E-state index in [-0.39, 0.29) is 42.4 Å². The van der Waals surface area contributed by atoms with Crippen LogP contribution in [0.3, 0.4) is 0 Å². The fraction of sp³-hybridized carbons (Fsp3) is 0.514. The standard InChI is InChI=1S/C35H41N9O3/c1-42(2)32(46)23-9-11-27-21(13-23)7-8-22-14-24(33(47)43(3)4)10-12-28(22)35(27,34-38-40-41-39-34)17-29(20-5-6-20)37-19-31(45)44-26(18-36)15-25-16-30(25)44/h9-14,20,25-26,29-30,37H,5-8,15-17,19H2,1-4H3,(H,38,39,40,41)/t25-,26+,29+,30+/m1/s1. The molecule has 4 atom stereocenters. The minimum atomic E-state index is -0.863. The zero-order valence-electron chi connectivity index (χ0n) is 27.4. The first-order valence-electron chi connectivity index (χ1n) is 16.5. The van der Waals surface area contributed by atoms with Gasteiger partial charge in [-0.25, -0.2) is 5.10 Å². The summed E-state index contributed by atoms with van der Waals surface area (Å²) < 4.78 is 0. The average Bonchev–Trinajstić information content (AvgIpc) is 3.98. The zero-order valence-corrected chi connectivity index (χ0v) is 27.4. The molecule has 1 aliphatic heterocycles. The van der Waals surface area contributed by atoms with Gasteiger partial charge in [0.25, 0.3) is 11.8 Å². The molecule has 2 N–H and O–H groups in total. The summed E-state index contributed by atoms with van der Waals surface area (Å²) in [6, 6.07) is 13.9. The highest BCUT2D eigenvalue weighted by molar-refractivity contribution is 5.95. The summed E-state index contributed by atoms with van der Waals surface area (Å²) in [6.45, 7) is 0.152. The van der Waals surface area contributed by atoms with E-state index >= 15 is 0 Å². The van der Waals surface area contributed by atoms with Crippen LogP contribution in [0.2, 0.25) is 0 Å². The fourth-order valence-corrected chi connectivity index (χ4v) is 8.02. The van der Waals surface area contributed by atoms with Crippen LogP contribution in [0.15, 0.2) is 36.4 Å². The second-order valence-electron chi connectivity index (χ2n) is 14.1. The number of carbonyl (C=O) groups is 3. The van der Waals surface area contributed by atoms with Gasteiger partial charge in [0, 0.05) is 51.4 Å². The van der Waals surface area contributed by atoms with Crippen LogP contribution in [-0.2, 0) is 23.1 Å². The minimum absolute atomic E-state index is 0.0251. The molecule has 0 spiro atoms. The lowest BCUT2D eigenvalue weighted by molar-refractivity contribution is -0.131. The van der Waals surface area contributed by atoms with Crippen molar-refractivity contribution in [3.8, 4) is 6.07 Å². The Bertz CT molecular complexity index is 1690. The van der Waals surface area contributed by atoms with Crippen molar-refractivity contribution in [2.45, 2.75) is 68.5 Å². The van der Waals surface area contributed by atoms with Crippen molar-refractivity contribution < 1.29 is 14.4 Å². The second kappa shape index (κ2) is 11.9. The van der Waals surface area contributed by atoms with Gasteiger partial charge in [0.2, 0.25) is 5.91 Å². The number of fused-ring (bicyclic) bond motifs is 3. The molecule has 3 fully saturated rings. The Morgan fingerprint density at radius 3 is 2.13 bits per heavy atom. The maximum atomic E-state index is 13.6. The first-order valence-corrected chi connectivity index (χ1v) is 16.5. The van der Waals surface area contributed by atoms with Gasteiger partial charge in [-0.1, -0.05) is 12.1 Å². The predicted molar refractivity (Wildman–Crippen MR) is 172 cm³/mol. The number of likely N-dealkylation sites (tertiary alicyclic amines) is 1. The lowest BCUT2D eigenvalue weighted by Crippen LogP contribution is -2.48. The van der Waals surface area contributed by atoms with Gasteiger partial charge in [-0.05, 0) is 114 Å². The van der Waals surface area contributed by atoms with Crippen LogP contribution < -0.4 is 5.32 Å². The number of benzene rings is 2. The molecule has 12 heteroatoms. The molecule has 2 heterocycles. The number of nitrogens with zero attached hydrogens (tertiary/aromatic N) is 7. The number of nitriles is 1. The molecule has 0 unspecified atom stereocenters. The van der Waals surface area contributed by atoms with Gasteiger partial charge in [-0.3, -0.25) is 14.4 Å². The molecule has 0 bridgehead atoms. The van der Waals surface area contributed by atoms with Crippen molar-refractivity contribution >= 4 is 17.7 Å². The van der Waals surface area contributed by atoms with E-state index in [2.05, 4.69) is 32.0 Å². The summed E-state index contributed by atoms with van der Waals surface area (Å²) in [5.74, 6) is 1.21. The molecule has 12 nitrogen and oxygen atoms in total. The first kappa shape index (κ1) is 31.0. The number of hydrogen-bond donors (Lipinski definition) is 2. The second-order valence-corrected chi connectivity index (χ2v) is 14.1. The largest absolute Gasteiger partial charge is 0.345 e. The third-order valence-corrected chi connectivity index (χ3v) is 10.6. The van der Waals surface area contributed by atoms with Crippen molar-refractivity contribution in [3.63, 3.8) is 0 Å². The first-order chi connectivity index (χ1) is 22.6. The van der Waals surface area contributed by atoms with E-state index in [1.54, 1.807) is 42.9 Å². The summed E-state index contributed by atoms with van der Waals surface area (Å²) in [5.41, 5.74) is 4.38. The summed E-state index contributed by atoms with van der Waals surface area (Å²) in [7, 11) is 6.98. The van der Waals surface area contributed by atoms with Crippen LogP contribution in [0.4, 0.5) is 0 Å². The molecule has 47 heavy (non-hydrogen) atoms. The van der Waals surface area contributed by atoms with Crippen LogP contribution in [0.25, 0.3) is 0 Å². The molecule has 1 aromatic heterocycles. The fourth-order valence-electron chi connectivity index (χ4n) is 8.02. The number of H-pyrrole nitrogens is 1. The number of nitrogens with one attached hydrogen (secondary N) is 2. The van der Waals surface area contributed by atoms with Crippen LogP contribution >= 0.6 is 0 Å².